The first-order valence-electron chi connectivity index (χ1n) is 8.67. The van der Waals surface area contributed by atoms with E-state index >= 15 is 0 Å². The third-order valence-electron chi connectivity index (χ3n) is 5.34. The third-order valence-corrected chi connectivity index (χ3v) is 5.34. The van der Waals surface area contributed by atoms with Crippen LogP contribution in [0.25, 0.3) is 0 Å². The number of nitrogens with zero attached hydrogens (tertiary/aromatic N) is 1. The molecule has 112 valence electrons. The smallest absolute Gasteiger partial charge is 0.0362 e. The van der Waals surface area contributed by atoms with Crippen molar-refractivity contribution in [1.82, 2.24) is 10.2 Å². The number of likely N-dealkylation sites (tertiary alicyclic amines) is 1. The van der Waals surface area contributed by atoms with Gasteiger partial charge in [-0.15, -0.1) is 0 Å². The quantitative estimate of drug-likeness (QED) is 0.754. The second-order valence-corrected chi connectivity index (χ2v) is 7.09. The molecule has 1 saturated heterocycles. The van der Waals surface area contributed by atoms with Gasteiger partial charge < -0.3 is 5.32 Å². The Labute approximate surface area is 120 Å². The number of hydrogen-bond donors (Lipinski definition) is 1. The lowest BCUT2D eigenvalue weighted by atomic mass is 9.82. The lowest BCUT2D eigenvalue weighted by Gasteiger charge is -2.46. The molecular formula is C17H34N2. The number of rotatable bonds is 7. The first-order chi connectivity index (χ1) is 9.19. The maximum atomic E-state index is 3.86. The van der Waals surface area contributed by atoms with Crippen LogP contribution in [0.3, 0.4) is 0 Å². The zero-order valence-corrected chi connectivity index (χ0v) is 13.4. The minimum atomic E-state index is 0.501. The number of hydrogen-bond acceptors (Lipinski definition) is 2. The molecule has 2 fully saturated rings. The summed E-state index contributed by atoms with van der Waals surface area (Å²) in [4.78, 5) is 2.85. The van der Waals surface area contributed by atoms with Gasteiger partial charge in [0.25, 0.3) is 0 Å². The zero-order chi connectivity index (χ0) is 13.7. The maximum Gasteiger partial charge on any atom is 0.0362 e. The summed E-state index contributed by atoms with van der Waals surface area (Å²) in [6.07, 6.45) is 11.3. The van der Waals surface area contributed by atoms with E-state index in [4.69, 9.17) is 0 Å². The summed E-state index contributed by atoms with van der Waals surface area (Å²) < 4.78 is 0. The van der Waals surface area contributed by atoms with Crippen LogP contribution >= 0.6 is 0 Å². The van der Waals surface area contributed by atoms with Gasteiger partial charge in [-0.1, -0.05) is 33.6 Å². The van der Waals surface area contributed by atoms with Gasteiger partial charge in [0.05, 0.1) is 0 Å². The van der Waals surface area contributed by atoms with Gasteiger partial charge in [-0.3, -0.25) is 4.90 Å². The van der Waals surface area contributed by atoms with Gasteiger partial charge in [0.1, 0.15) is 0 Å². The van der Waals surface area contributed by atoms with Crippen molar-refractivity contribution in [3.63, 3.8) is 0 Å². The van der Waals surface area contributed by atoms with Crippen LogP contribution in [0.15, 0.2) is 0 Å². The minimum absolute atomic E-state index is 0.501. The molecule has 2 nitrogen and oxygen atoms in total. The summed E-state index contributed by atoms with van der Waals surface area (Å²) in [6, 6.07) is 0.723. The van der Waals surface area contributed by atoms with E-state index in [1.165, 1.54) is 64.5 Å². The standard InChI is InChI=1S/C17H34N2/c1-4-18-16(10-9-15(2)3)17(11-5-6-12-17)19-13-7-8-14-19/h15-16,18H,4-14H2,1-3H3. The van der Waals surface area contributed by atoms with Gasteiger partial charge in [-0.2, -0.15) is 0 Å². The van der Waals surface area contributed by atoms with Crippen molar-refractivity contribution in [1.29, 1.82) is 0 Å². The minimum Gasteiger partial charge on any atom is -0.312 e. The summed E-state index contributed by atoms with van der Waals surface area (Å²) in [6.45, 7) is 10.8. The fourth-order valence-corrected chi connectivity index (χ4v) is 4.34. The predicted octanol–water partition coefficient (Wildman–Crippen LogP) is 3.81. The molecule has 0 spiro atoms. The third kappa shape index (κ3) is 3.52. The molecule has 2 aliphatic rings. The fraction of sp³-hybridized carbons (Fsp3) is 1.00. The van der Waals surface area contributed by atoms with Gasteiger partial charge in [0.2, 0.25) is 0 Å². The van der Waals surface area contributed by atoms with Crippen LogP contribution in [0.1, 0.15) is 72.1 Å². The van der Waals surface area contributed by atoms with Crippen molar-refractivity contribution in [2.45, 2.75) is 83.7 Å². The second-order valence-electron chi connectivity index (χ2n) is 7.09. The van der Waals surface area contributed by atoms with Gasteiger partial charge in [0, 0.05) is 11.6 Å². The second kappa shape index (κ2) is 7.08. The van der Waals surface area contributed by atoms with E-state index in [-0.39, 0.29) is 0 Å². The molecule has 1 aliphatic heterocycles. The van der Waals surface area contributed by atoms with E-state index in [1.54, 1.807) is 0 Å². The van der Waals surface area contributed by atoms with Crippen LogP contribution in [-0.4, -0.2) is 36.1 Å². The van der Waals surface area contributed by atoms with E-state index in [0.29, 0.717) is 5.54 Å². The molecule has 0 aromatic rings. The Balaban J connectivity index is 2.08. The zero-order valence-electron chi connectivity index (χ0n) is 13.4. The lowest BCUT2D eigenvalue weighted by Crippen LogP contribution is -2.59. The largest absolute Gasteiger partial charge is 0.312 e. The average Bonchev–Trinajstić information content (AvgIpc) is 3.04. The molecule has 2 heteroatoms. The van der Waals surface area contributed by atoms with Crippen molar-refractivity contribution >= 4 is 0 Å². The fourth-order valence-electron chi connectivity index (χ4n) is 4.34. The number of likely N-dealkylation sites (N-methyl/N-ethyl adjacent to an activating group) is 1. The summed E-state index contributed by atoms with van der Waals surface area (Å²) >= 11 is 0. The summed E-state index contributed by atoms with van der Waals surface area (Å²) in [5.41, 5.74) is 0.501. The van der Waals surface area contributed by atoms with E-state index in [9.17, 15) is 0 Å². The van der Waals surface area contributed by atoms with E-state index in [1.807, 2.05) is 0 Å². The van der Waals surface area contributed by atoms with Crippen molar-refractivity contribution in [3.05, 3.63) is 0 Å². The molecule has 1 unspecified atom stereocenters. The monoisotopic (exact) mass is 266 g/mol. The molecule has 19 heavy (non-hydrogen) atoms. The molecule has 1 heterocycles. The summed E-state index contributed by atoms with van der Waals surface area (Å²) in [5, 5.41) is 3.86. The molecule has 1 N–H and O–H groups in total. The Bertz CT molecular complexity index is 250. The normalized spacial score (nSPS) is 25.3. The highest BCUT2D eigenvalue weighted by Gasteiger charge is 2.45. The molecule has 1 atom stereocenters. The van der Waals surface area contributed by atoms with Crippen LogP contribution in [0.2, 0.25) is 0 Å². The van der Waals surface area contributed by atoms with Gasteiger partial charge >= 0.3 is 0 Å². The Kier molecular flexibility index (Phi) is 5.70. The molecule has 0 bridgehead atoms. The maximum absolute atomic E-state index is 3.86. The highest BCUT2D eigenvalue weighted by Crippen LogP contribution is 2.41. The van der Waals surface area contributed by atoms with Crippen LogP contribution in [0.4, 0.5) is 0 Å². The van der Waals surface area contributed by atoms with E-state index < -0.39 is 0 Å². The SMILES string of the molecule is CCNC(CCC(C)C)C1(N2CCCC2)CCCC1. The van der Waals surface area contributed by atoms with Crippen molar-refractivity contribution in [2.24, 2.45) is 5.92 Å². The van der Waals surface area contributed by atoms with Gasteiger partial charge in [-0.05, 0) is 64.1 Å². The first kappa shape index (κ1) is 15.3. The Morgan fingerprint density at radius 2 is 1.63 bits per heavy atom. The van der Waals surface area contributed by atoms with Gasteiger partial charge in [0.15, 0.2) is 0 Å². The first-order valence-corrected chi connectivity index (χ1v) is 8.67. The highest BCUT2D eigenvalue weighted by molar-refractivity contribution is 5.04. The molecular weight excluding hydrogens is 232 g/mol. The lowest BCUT2D eigenvalue weighted by molar-refractivity contribution is 0.0713. The summed E-state index contributed by atoms with van der Waals surface area (Å²) in [7, 11) is 0. The molecule has 1 aliphatic carbocycles. The van der Waals surface area contributed by atoms with Crippen LogP contribution in [0.5, 0.6) is 0 Å². The van der Waals surface area contributed by atoms with Crippen LogP contribution in [-0.2, 0) is 0 Å². The van der Waals surface area contributed by atoms with Crippen LogP contribution in [0, 0.1) is 5.92 Å². The van der Waals surface area contributed by atoms with E-state index in [0.717, 1.165) is 18.5 Å². The predicted molar refractivity (Wildman–Crippen MR) is 83.5 cm³/mol. The van der Waals surface area contributed by atoms with E-state index in [2.05, 4.69) is 31.0 Å². The topological polar surface area (TPSA) is 15.3 Å². The van der Waals surface area contributed by atoms with Crippen molar-refractivity contribution in [3.8, 4) is 0 Å². The summed E-state index contributed by atoms with van der Waals surface area (Å²) in [5.74, 6) is 0.832. The van der Waals surface area contributed by atoms with Crippen molar-refractivity contribution < 1.29 is 0 Å². The van der Waals surface area contributed by atoms with Crippen LogP contribution < -0.4 is 5.32 Å². The molecule has 0 amide bonds. The molecule has 0 aromatic heterocycles. The average molecular weight is 266 g/mol. The van der Waals surface area contributed by atoms with Gasteiger partial charge in [-0.25, -0.2) is 0 Å². The molecule has 0 aromatic carbocycles. The van der Waals surface area contributed by atoms with Crippen molar-refractivity contribution in [2.75, 3.05) is 19.6 Å². The molecule has 2 rings (SSSR count). The highest BCUT2D eigenvalue weighted by atomic mass is 15.2. The molecule has 1 saturated carbocycles. The Morgan fingerprint density at radius 3 is 2.16 bits per heavy atom. The Hall–Kier alpha value is -0.0800. The number of nitrogens with one attached hydrogen (secondary N) is 1. The molecule has 0 radical (unpaired) electrons. The Morgan fingerprint density at radius 1 is 1.00 bits per heavy atom.